The molecule has 290 valence electrons. The molecule has 2 aliphatic heterocycles. The number of ether oxygens (including phenoxy) is 3. The summed E-state index contributed by atoms with van der Waals surface area (Å²) in [6.07, 6.45) is 3.01. The van der Waals surface area contributed by atoms with Crippen molar-refractivity contribution in [3.8, 4) is 0 Å². The molecule has 11 heteroatoms. The summed E-state index contributed by atoms with van der Waals surface area (Å²) in [7, 11) is -3.98. The van der Waals surface area contributed by atoms with Crippen molar-refractivity contribution in [3.63, 3.8) is 0 Å². The summed E-state index contributed by atoms with van der Waals surface area (Å²) >= 11 is 0. The maximum absolute atomic E-state index is 13.9. The number of H-pyrrole nitrogens is 1. The van der Waals surface area contributed by atoms with Gasteiger partial charge in [-0.25, -0.2) is 4.57 Å². The van der Waals surface area contributed by atoms with Crippen molar-refractivity contribution >= 4 is 24.5 Å². The van der Waals surface area contributed by atoms with Gasteiger partial charge >= 0.3 is 7.82 Å². The normalized spacial score (nSPS) is 33.1. The van der Waals surface area contributed by atoms with Crippen molar-refractivity contribution in [1.29, 1.82) is 0 Å². The van der Waals surface area contributed by atoms with Gasteiger partial charge in [0.25, 0.3) is 0 Å². The van der Waals surface area contributed by atoms with Crippen molar-refractivity contribution in [3.05, 3.63) is 119 Å². The minimum atomic E-state index is -3.98. The van der Waals surface area contributed by atoms with E-state index in [-0.39, 0.29) is 38.1 Å². The van der Waals surface area contributed by atoms with Crippen LogP contribution in [0.4, 0.5) is 0 Å². The highest BCUT2D eigenvalue weighted by Crippen LogP contribution is 2.72. The van der Waals surface area contributed by atoms with Gasteiger partial charge in [0.2, 0.25) is 0 Å². The van der Waals surface area contributed by atoms with Gasteiger partial charge in [0, 0.05) is 46.0 Å². The Kier molecular flexibility index (Phi) is 9.00. The third kappa shape index (κ3) is 5.71. The highest BCUT2D eigenvalue weighted by Gasteiger charge is 2.78. The zero-order valence-electron chi connectivity index (χ0n) is 31.9. The SMILES string of the molecule is CC1(C)OC23CCC4(C)[C@@]5(C)c6[nH]c7ccccc7c6C[C@@H]5C[C@H](OCCCOP(=O)(OCc5ccccc5)OCc5ccccc5)[C@@]4(O)C2=CC(=O)[C@@H]1O3. The van der Waals surface area contributed by atoms with Gasteiger partial charge in [-0.2, -0.15) is 0 Å². The molecule has 1 saturated heterocycles. The van der Waals surface area contributed by atoms with Crippen LogP contribution in [0.5, 0.6) is 0 Å². The molecular weight excluding hydrogens is 717 g/mol. The van der Waals surface area contributed by atoms with Crippen LogP contribution in [0.2, 0.25) is 0 Å². The number of hydrogen-bond donors (Lipinski definition) is 2. The number of carbonyl (C=O) groups excluding carboxylic acids is 1. The van der Waals surface area contributed by atoms with Crippen LogP contribution in [0.3, 0.4) is 0 Å². The lowest BCUT2D eigenvalue weighted by Crippen LogP contribution is -2.74. The lowest BCUT2D eigenvalue weighted by molar-refractivity contribution is -0.280. The van der Waals surface area contributed by atoms with E-state index in [4.69, 9.17) is 27.8 Å². The number of phosphoric ester groups is 1. The number of nitrogens with one attached hydrogen (secondary N) is 1. The van der Waals surface area contributed by atoms with Crippen molar-refractivity contribution in [2.45, 2.75) is 108 Å². The van der Waals surface area contributed by atoms with E-state index in [1.165, 1.54) is 10.9 Å². The summed E-state index contributed by atoms with van der Waals surface area (Å²) in [5.41, 5.74) is 1.94. The number of hydrogen-bond acceptors (Lipinski definition) is 9. The van der Waals surface area contributed by atoms with Gasteiger partial charge in [0.1, 0.15) is 11.2 Å². The van der Waals surface area contributed by atoms with Crippen molar-refractivity contribution in [1.82, 2.24) is 4.98 Å². The number of aliphatic hydroxyl groups is 1. The first-order chi connectivity index (χ1) is 26.3. The quantitative estimate of drug-likeness (QED) is 0.108. The van der Waals surface area contributed by atoms with E-state index < -0.39 is 47.8 Å². The molecule has 2 N–H and O–H groups in total. The standard InChI is InChI=1S/C44H50NO9P/c1-40(2)39-35(46)26-36-43(53-39,54-40)21-20-41(3)42(4)31(24-33-32-18-11-12-19-34(32)45-38(33)42)25-37(44(36,41)47)49-22-13-23-50-55(48,51-27-29-14-7-5-8-15-29)52-28-30-16-9-6-10-17-30/h5-12,14-19,26,31,37,39,45,47H,13,20-25,27-28H2,1-4H3/t31-,37+,39+,41?,42-,43?,44+/m1/s1. The smallest absolute Gasteiger partial charge is 0.382 e. The number of carbonyl (C=O) groups is 1. The molecule has 2 bridgehead atoms. The van der Waals surface area contributed by atoms with Crippen molar-refractivity contribution < 1.29 is 42.2 Å². The molecule has 55 heavy (non-hydrogen) atoms. The summed E-state index contributed by atoms with van der Waals surface area (Å²) in [5, 5.41) is 14.8. The van der Waals surface area contributed by atoms with Crippen molar-refractivity contribution in [2.75, 3.05) is 13.2 Å². The summed E-state index contributed by atoms with van der Waals surface area (Å²) in [5.74, 6) is -1.28. The maximum Gasteiger partial charge on any atom is 0.475 e. The minimum absolute atomic E-state index is 0.0359. The molecule has 0 amide bonds. The highest BCUT2D eigenvalue weighted by molar-refractivity contribution is 7.48. The van der Waals surface area contributed by atoms with E-state index >= 15 is 0 Å². The Hall–Kier alpha value is -3.44. The molecule has 1 spiro atoms. The van der Waals surface area contributed by atoms with Crippen LogP contribution in [0.25, 0.3) is 10.9 Å². The maximum atomic E-state index is 13.9. The zero-order chi connectivity index (χ0) is 38.3. The first-order valence-corrected chi connectivity index (χ1v) is 21.0. The number of aromatic amines is 1. The largest absolute Gasteiger partial charge is 0.475 e. The first-order valence-electron chi connectivity index (χ1n) is 19.5. The van der Waals surface area contributed by atoms with Crippen molar-refractivity contribution in [2.24, 2.45) is 11.3 Å². The first kappa shape index (κ1) is 37.2. The molecule has 3 fully saturated rings. The Morgan fingerprint density at radius 2 is 1.51 bits per heavy atom. The predicted octanol–water partition coefficient (Wildman–Crippen LogP) is 8.27. The van der Waals surface area contributed by atoms with E-state index in [2.05, 4.69) is 37.0 Å². The summed E-state index contributed by atoms with van der Waals surface area (Å²) in [6.45, 7) is 8.56. The molecule has 3 aromatic carbocycles. The van der Waals surface area contributed by atoms with Gasteiger partial charge < -0.3 is 24.3 Å². The van der Waals surface area contributed by atoms with E-state index in [0.717, 1.165) is 28.8 Å². The molecule has 9 rings (SSSR count). The number of aromatic nitrogens is 1. The van der Waals surface area contributed by atoms with Gasteiger partial charge in [-0.05, 0) is 74.3 Å². The number of benzene rings is 3. The van der Waals surface area contributed by atoms with Crippen LogP contribution in [0.1, 0.15) is 75.8 Å². The Balaban J connectivity index is 0.981. The van der Waals surface area contributed by atoms with Crippen LogP contribution in [-0.4, -0.2) is 58.3 Å². The fourth-order valence-electron chi connectivity index (χ4n) is 10.6. The van der Waals surface area contributed by atoms with E-state index in [1.807, 2.05) is 80.6 Å². The molecule has 3 heterocycles. The molecule has 2 unspecified atom stereocenters. The van der Waals surface area contributed by atoms with E-state index in [9.17, 15) is 14.5 Å². The van der Waals surface area contributed by atoms with E-state index in [0.29, 0.717) is 31.3 Å². The van der Waals surface area contributed by atoms with E-state index in [1.54, 1.807) is 6.08 Å². The average molecular weight is 768 g/mol. The molecule has 2 saturated carbocycles. The number of rotatable bonds is 12. The average Bonchev–Trinajstić information content (AvgIpc) is 3.77. The molecule has 10 nitrogen and oxygen atoms in total. The Morgan fingerprint density at radius 3 is 2.20 bits per heavy atom. The second-order valence-corrected chi connectivity index (χ2v) is 18.6. The van der Waals surface area contributed by atoms with Gasteiger partial charge in [0.05, 0.1) is 25.9 Å². The summed E-state index contributed by atoms with van der Waals surface area (Å²) in [6, 6.07) is 27.3. The molecular formula is C44H50NO9P. The lowest BCUT2D eigenvalue weighted by atomic mass is 9.41. The monoisotopic (exact) mass is 767 g/mol. The Morgan fingerprint density at radius 1 is 0.855 bits per heavy atom. The number of ketones is 1. The third-order valence-electron chi connectivity index (χ3n) is 13.6. The van der Waals surface area contributed by atoms with Crippen LogP contribution < -0.4 is 0 Å². The predicted molar refractivity (Wildman–Crippen MR) is 206 cm³/mol. The minimum Gasteiger partial charge on any atom is -0.382 e. The van der Waals surface area contributed by atoms with Gasteiger partial charge in [-0.15, -0.1) is 0 Å². The third-order valence-corrected chi connectivity index (χ3v) is 15.0. The number of phosphoric acid groups is 1. The van der Waals surface area contributed by atoms with Crippen LogP contribution in [0.15, 0.2) is 96.6 Å². The fraction of sp³-hybridized carbons (Fsp3) is 0.477. The molecule has 0 radical (unpaired) electrons. The van der Waals surface area contributed by atoms with Gasteiger partial charge in [-0.3, -0.25) is 18.4 Å². The number of fused-ring (bicyclic) bond motifs is 9. The molecule has 7 atom stereocenters. The highest BCUT2D eigenvalue weighted by atomic mass is 31.2. The second-order valence-electron chi connectivity index (χ2n) is 16.9. The Bertz CT molecular complexity index is 2140. The van der Waals surface area contributed by atoms with Gasteiger partial charge in [0.15, 0.2) is 17.7 Å². The molecule has 4 aromatic rings. The van der Waals surface area contributed by atoms with Crippen LogP contribution in [0, 0.1) is 11.3 Å². The fourth-order valence-corrected chi connectivity index (χ4v) is 11.8. The molecule has 3 aliphatic carbocycles. The topological polar surface area (TPSA) is 126 Å². The van der Waals surface area contributed by atoms with Gasteiger partial charge in [-0.1, -0.05) is 92.7 Å². The summed E-state index contributed by atoms with van der Waals surface area (Å²) < 4.78 is 51.5. The van der Waals surface area contributed by atoms with Crippen LogP contribution in [-0.2, 0) is 62.2 Å². The summed E-state index contributed by atoms with van der Waals surface area (Å²) in [4.78, 5) is 17.5. The van der Waals surface area contributed by atoms with Crippen LogP contribution >= 0.6 is 7.82 Å². The lowest BCUT2D eigenvalue weighted by Gasteiger charge is -2.67. The second kappa shape index (κ2) is 13.3. The Labute approximate surface area is 322 Å². The zero-order valence-corrected chi connectivity index (χ0v) is 32.8. The molecule has 1 aromatic heterocycles. The number of para-hydroxylation sites is 1. The molecule has 5 aliphatic rings.